The Morgan fingerprint density at radius 3 is 2.50 bits per heavy atom. The highest BCUT2D eigenvalue weighted by atomic mass is 32.1. The van der Waals surface area contributed by atoms with Gasteiger partial charge in [0.05, 0.1) is 27.8 Å². The molecule has 26 heavy (non-hydrogen) atoms. The second-order valence-electron chi connectivity index (χ2n) is 6.42. The monoisotopic (exact) mass is 351 g/mol. The largest absolute Gasteiger partial charge is 0.292 e. The summed E-state index contributed by atoms with van der Waals surface area (Å²) in [6.45, 7) is 0. The highest BCUT2D eigenvalue weighted by Gasteiger charge is 2.15. The van der Waals surface area contributed by atoms with Crippen molar-refractivity contribution in [2.75, 3.05) is 0 Å². The van der Waals surface area contributed by atoms with Gasteiger partial charge in [-0.05, 0) is 41.8 Å². The summed E-state index contributed by atoms with van der Waals surface area (Å²) < 4.78 is 2.26. The molecule has 0 amide bonds. The van der Waals surface area contributed by atoms with Crippen LogP contribution < -0.4 is 0 Å². The Labute approximate surface area is 153 Å². The Hall–Kier alpha value is -3.24. The van der Waals surface area contributed by atoms with Gasteiger partial charge in [-0.2, -0.15) is 11.3 Å². The van der Waals surface area contributed by atoms with Crippen molar-refractivity contribution < 1.29 is 0 Å². The number of para-hydroxylation sites is 3. The zero-order valence-electron chi connectivity index (χ0n) is 13.8. The molecule has 0 aliphatic rings. The molecule has 0 saturated heterocycles. The molecule has 0 spiro atoms. The fourth-order valence-electron chi connectivity index (χ4n) is 3.69. The maximum Gasteiger partial charge on any atom is 0.147 e. The van der Waals surface area contributed by atoms with E-state index in [1.807, 2.05) is 12.1 Å². The maximum absolute atomic E-state index is 4.95. The van der Waals surface area contributed by atoms with Crippen molar-refractivity contribution in [2.45, 2.75) is 0 Å². The van der Waals surface area contributed by atoms with Crippen LogP contribution in [-0.2, 0) is 0 Å². The SMILES string of the molecule is c1ccc2nc3cc(-c4ccsc4)n4c5ccccc5nc4c3cc2c1. The van der Waals surface area contributed by atoms with Crippen LogP contribution in [0.1, 0.15) is 0 Å². The number of pyridine rings is 2. The first kappa shape index (κ1) is 14.0. The second kappa shape index (κ2) is 5.13. The Morgan fingerprint density at radius 2 is 1.62 bits per heavy atom. The molecule has 2 aromatic carbocycles. The van der Waals surface area contributed by atoms with Crippen molar-refractivity contribution >= 4 is 49.8 Å². The van der Waals surface area contributed by atoms with Gasteiger partial charge in [0.2, 0.25) is 0 Å². The van der Waals surface area contributed by atoms with Crippen LogP contribution in [0.2, 0.25) is 0 Å². The summed E-state index contributed by atoms with van der Waals surface area (Å²) in [5.41, 5.74) is 7.40. The predicted octanol–water partition coefficient (Wildman–Crippen LogP) is 5.92. The summed E-state index contributed by atoms with van der Waals surface area (Å²) in [6.07, 6.45) is 0. The van der Waals surface area contributed by atoms with Crippen LogP contribution >= 0.6 is 11.3 Å². The Balaban J connectivity index is 1.89. The summed E-state index contributed by atoms with van der Waals surface area (Å²) in [6, 6.07) is 23.1. The second-order valence-corrected chi connectivity index (χ2v) is 7.20. The number of fused-ring (bicyclic) bond motifs is 6. The lowest BCUT2D eigenvalue weighted by Crippen LogP contribution is -1.94. The molecule has 0 atom stereocenters. The topological polar surface area (TPSA) is 30.2 Å². The number of rotatable bonds is 1. The molecule has 0 unspecified atom stereocenters. The number of aromatic nitrogens is 3. The van der Waals surface area contributed by atoms with Crippen LogP contribution in [0.15, 0.2) is 77.5 Å². The van der Waals surface area contributed by atoms with Gasteiger partial charge < -0.3 is 0 Å². The standard InChI is InChI=1S/C22H13N3S/c1-2-6-17-14(5-1)11-16-19(23-17)12-21(15-9-10-26-13-15)25-20-8-4-3-7-18(20)24-22(16)25/h1-13H. The van der Waals surface area contributed by atoms with Crippen molar-refractivity contribution in [2.24, 2.45) is 0 Å². The Morgan fingerprint density at radius 1 is 0.769 bits per heavy atom. The number of imidazole rings is 1. The minimum atomic E-state index is 0.961. The van der Waals surface area contributed by atoms with Gasteiger partial charge in [0.25, 0.3) is 0 Å². The van der Waals surface area contributed by atoms with E-state index in [0.717, 1.165) is 44.2 Å². The van der Waals surface area contributed by atoms with E-state index in [9.17, 15) is 0 Å². The molecule has 0 radical (unpaired) electrons. The first-order valence-electron chi connectivity index (χ1n) is 8.51. The molecule has 3 nitrogen and oxygen atoms in total. The molecule has 0 N–H and O–H groups in total. The normalized spacial score (nSPS) is 11.8. The predicted molar refractivity (Wildman–Crippen MR) is 109 cm³/mol. The Kier molecular flexibility index (Phi) is 2.76. The smallest absolute Gasteiger partial charge is 0.147 e. The first-order valence-corrected chi connectivity index (χ1v) is 9.45. The third kappa shape index (κ3) is 1.87. The average Bonchev–Trinajstić information content (AvgIpc) is 3.34. The average molecular weight is 351 g/mol. The fourth-order valence-corrected chi connectivity index (χ4v) is 4.34. The van der Waals surface area contributed by atoms with E-state index in [0.29, 0.717) is 0 Å². The van der Waals surface area contributed by atoms with Gasteiger partial charge in [-0.1, -0.05) is 30.3 Å². The van der Waals surface area contributed by atoms with E-state index in [-0.39, 0.29) is 0 Å². The molecule has 4 aromatic heterocycles. The van der Waals surface area contributed by atoms with Gasteiger partial charge >= 0.3 is 0 Å². The molecular weight excluding hydrogens is 338 g/mol. The van der Waals surface area contributed by atoms with Crippen LogP contribution in [0.3, 0.4) is 0 Å². The van der Waals surface area contributed by atoms with Crippen molar-refractivity contribution in [3.8, 4) is 11.3 Å². The number of benzene rings is 2. The lowest BCUT2D eigenvalue weighted by Gasteiger charge is -2.09. The molecule has 0 fully saturated rings. The van der Waals surface area contributed by atoms with E-state index in [2.05, 4.69) is 69.8 Å². The molecule has 6 aromatic rings. The molecule has 0 saturated carbocycles. The third-order valence-electron chi connectivity index (χ3n) is 4.89. The van der Waals surface area contributed by atoms with E-state index < -0.39 is 0 Å². The maximum atomic E-state index is 4.95. The van der Waals surface area contributed by atoms with Crippen LogP contribution in [-0.4, -0.2) is 14.4 Å². The third-order valence-corrected chi connectivity index (χ3v) is 5.57. The summed E-state index contributed by atoms with van der Waals surface area (Å²) in [5.74, 6) is 0. The highest BCUT2D eigenvalue weighted by molar-refractivity contribution is 7.08. The molecule has 4 heteroatoms. The molecule has 0 bridgehead atoms. The minimum absolute atomic E-state index is 0.961. The lowest BCUT2D eigenvalue weighted by molar-refractivity contribution is 1.25. The number of nitrogens with zero attached hydrogens (tertiary/aromatic N) is 3. The van der Waals surface area contributed by atoms with Gasteiger partial charge in [0.1, 0.15) is 5.65 Å². The zero-order valence-corrected chi connectivity index (χ0v) is 14.6. The molecule has 0 aliphatic heterocycles. The van der Waals surface area contributed by atoms with Crippen molar-refractivity contribution in [3.05, 3.63) is 77.5 Å². The Bertz CT molecular complexity index is 1430. The van der Waals surface area contributed by atoms with Crippen LogP contribution in [0, 0.1) is 0 Å². The van der Waals surface area contributed by atoms with Crippen molar-refractivity contribution in [1.29, 1.82) is 0 Å². The lowest BCUT2D eigenvalue weighted by atomic mass is 10.1. The van der Waals surface area contributed by atoms with Gasteiger partial charge in [0, 0.05) is 21.7 Å². The number of hydrogen-bond acceptors (Lipinski definition) is 3. The van der Waals surface area contributed by atoms with Gasteiger partial charge in [0.15, 0.2) is 0 Å². The minimum Gasteiger partial charge on any atom is -0.292 e. The van der Waals surface area contributed by atoms with Crippen LogP contribution in [0.4, 0.5) is 0 Å². The number of hydrogen-bond donors (Lipinski definition) is 0. The van der Waals surface area contributed by atoms with E-state index in [4.69, 9.17) is 9.97 Å². The summed E-state index contributed by atoms with van der Waals surface area (Å²) in [5, 5.41) is 6.51. The summed E-state index contributed by atoms with van der Waals surface area (Å²) in [4.78, 5) is 9.87. The first-order chi connectivity index (χ1) is 12.9. The zero-order chi connectivity index (χ0) is 17.1. The van der Waals surface area contributed by atoms with E-state index in [1.54, 1.807) is 11.3 Å². The van der Waals surface area contributed by atoms with Crippen molar-refractivity contribution in [3.63, 3.8) is 0 Å². The van der Waals surface area contributed by atoms with Gasteiger partial charge in [-0.25, -0.2) is 9.97 Å². The fraction of sp³-hybridized carbons (Fsp3) is 0. The van der Waals surface area contributed by atoms with Gasteiger partial charge in [-0.3, -0.25) is 4.40 Å². The molecule has 4 heterocycles. The molecule has 6 rings (SSSR count). The van der Waals surface area contributed by atoms with Crippen LogP contribution in [0.25, 0.3) is 49.7 Å². The quantitative estimate of drug-likeness (QED) is 0.344. The van der Waals surface area contributed by atoms with Crippen LogP contribution in [0.5, 0.6) is 0 Å². The van der Waals surface area contributed by atoms with E-state index in [1.165, 1.54) is 5.56 Å². The highest BCUT2D eigenvalue weighted by Crippen LogP contribution is 2.33. The van der Waals surface area contributed by atoms with E-state index >= 15 is 0 Å². The molecule has 122 valence electrons. The summed E-state index contributed by atoms with van der Waals surface area (Å²) in [7, 11) is 0. The number of thiophene rings is 1. The molecule has 0 aliphatic carbocycles. The van der Waals surface area contributed by atoms with Crippen molar-refractivity contribution in [1.82, 2.24) is 14.4 Å². The molecular formula is C22H13N3S. The van der Waals surface area contributed by atoms with Gasteiger partial charge in [-0.15, -0.1) is 0 Å². The summed E-state index contributed by atoms with van der Waals surface area (Å²) >= 11 is 1.70.